The molecule has 35 rings (SSSR count). The molecule has 0 amide bonds. The number of esters is 1. The van der Waals surface area contributed by atoms with Gasteiger partial charge in [-0.3, -0.25) is 39.9 Å². The van der Waals surface area contributed by atoms with Gasteiger partial charge in [0, 0.05) is 167 Å². The lowest BCUT2D eigenvalue weighted by atomic mass is 9.78. The summed E-state index contributed by atoms with van der Waals surface area (Å²) < 4.78 is 35.1. The molecule has 2 atom stereocenters. The number of para-hydroxylation sites is 4. The highest BCUT2D eigenvalue weighted by Crippen LogP contribution is 2.52. The van der Waals surface area contributed by atoms with E-state index < -0.39 is 10.0 Å². The van der Waals surface area contributed by atoms with E-state index in [-0.39, 0.29) is 97.9 Å². The molecule has 5 aromatic rings. The van der Waals surface area contributed by atoms with Gasteiger partial charge in [0.25, 0.3) is 10.0 Å². The molecular formula is C120H194N14O9S3. The normalized spacial score (nSPS) is 26.6. The monoisotopic (exact) mass is 2070 g/mol. The van der Waals surface area contributed by atoms with Gasteiger partial charge in [0.1, 0.15) is 23.8 Å². The smallest absolute Gasteiger partial charge is 0.302 e. The molecule has 1 spiro atoms. The molecule has 20 fully saturated rings. The predicted molar refractivity (Wildman–Crippen MR) is 614 cm³/mol. The fraction of sp³-hybridized carbons (Fsp3) is 0.650. The minimum absolute atomic E-state index is 0. The van der Waals surface area contributed by atoms with E-state index in [0.29, 0.717) is 64.2 Å². The number of nitrogens with one attached hydrogen (secondary N) is 1. The van der Waals surface area contributed by atoms with Gasteiger partial charge in [-0.25, -0.2) is 8.42 Å². The van der Waals surface area contributed by atoms with Gasteiger partial charge >= 0.3 is 5.97 Å². The quantitative estimate of drug-likeness (QED) is 0.0371. The van der Waals surface area contributed by atoms with Gasteiger partial charge in [-0.15, -0.1) is 0 Å². The molecule has 0 saturated carbocycles. The first kappa shape index (κ1) is 124. The Hall–Kier alpha value is -7.41. The van der Waals surface area contributed by atoms with Gasteiger partial charge in [-0.05, 0) is 328 Å². The van der Waals surface area contributed by atoms with Crippen molar-refractivity contribution >= 4 is 79.5 Å². The lowest BCUT2D eigenvalue weighted by Gasteiger charge is -2.47. The fourth-order valence-electron chi connectivity index (χ4n) is 24.8. The number of aliphatic hydroxyl groups excluding tert-OH is 2. The minimum Gasteiger partial charge on any atom is -0.461 e. The lowest BCUT2D eigenvalue weighted by molar-refractivity contribution is -0.140. The molecule has 2 unspecified atom stereocenters. The Balaban J connectivity index is 0.000000201. The van der Waals surface area contributed by atoms with E-state index in [0.717, 1.165) is 137 Å². The standard InChI is InChI=1S/C20H22N2S.C20H20N2S.C15H26N2O2S.C10H15NO2.C8H14N2.3C8H13NO.2C7H11NO.9CH4/c2*1-3-7-19-17(5-1)22(18-6-2-4-8-20(18)23-19)14-16-13-21-11-9-15(16)10-12-21;1-9(2)12-7-13(10(3)4)15(20(18,19)17-16)14(8-12)11(5)6;1-8(12)13-7-10-6-11-4-2-9(10)3-5-11;1-9-8-6-10-4-2-7(8)3-5-10;1-3-9-4-2-7(1)8(5-9)6-10-8;2*10-6-8-5-9-3-1-7(8)2-4-9;2*9-7-5-8-3-1-6(7)2-4-8;;;;;;;;;/h1-8,15-16H,9-14H2;1-8,13,15H,9-12,14H2;7-11,17H,16H2,1-6H3;6,9H,2-5,7H2,1H3;7H,2-6H2,1H3;7H,1-6H2;2*5,7,10H,1-4,6H2;2*6H,1-5H2;9*1H4. The zero-order valence-electron chi connectivity index (χ0n) is 83.4. The molecule has 0 aliphatic carbocycles. The second-order valence-corrected chi connectivity index (χ2v) is 47.0. The van der Waals surface area contributed by atoms with Gasteiger partial charge < -0.3 is 58.9 Å². The van der Waals surface area contributed by atoms with E-state index in [1.54, 1.807) is 5.57 Å². The Morgan fingerprint density at radius 2 is 0.795 bits per heavy atom. The van der Waals surface area contributed by atoms with Crippen LogP contribution >= 0.6 is 23.5 Å². The van der Waals surface area contributed by atoms with Crippen molar-refractivity contribution in [2.45, 2.75) is 279 Å². The number of rotatable bonds is 13. The number of carbonyl (C=O) groups is 3. The summed E-state index contributed by atoms with van der Waals surface area (Å²) in [6.45, 7) is 45.3. The fourth-order valence-corrected chi connectivity index (χ4v) is 28.3. The summed E-state index contributed by atoms with van der Waals surface area (Å²) in [7, 11) is -1.74. The van der Waals surface area contributed by atoms with Crippen molar-refractivity contribution in [3.05, 3.63) is 173 Å². The average Bonchev–Trinajstić information content (AvgIpc) is 1.62. The predicted octanol–water partition coefficient (Wildman–Crippen LogP) is 22.6. The lowest BCUT2D eigenvalue weighted by Crippen LogP contribution is -2.52. The van der Waals surface area contributed by atoms with E-state index in [2.05, 4.69) is 195 Å². The average molecular weight is 2070 g/mol. The number of hydrogen-bond acceptors (Lipinski definition) is 24. The van der Waals surface area contributed by atoms with Gasteiger partial charge in [-0.1, -0.05) is 193 Å². The largest absolute Gasteiger partial charge is 0.461 e. The SMILES string of the molecule is C.C.C.C.C.C.C.C.C.C1=C(CN2c3ccccc3Sc3ccccc32)C2CCN1CC2.C1CN2CCC1C1(CO1)C2.CC(=O)OCC1=CN2CCC1CC2.CC(C)c1cc(C(C)C)c(S(=O)(=O)NN)c(C(C)C)c1.CN=C1CN2CCC1CC2.O=C1CN2CCC1CC2.O=C1CN2CCC1CC2.OCC1=CN2CCC1CC2.OCC1=CN2CCC1CC2.c1ccc2c(c1)Sc1ccccc1N2CC1CN2CCC1CC2. The summed E-state index contributed by atoms with van der Waals surface area (Å²) in [5.74, 6) is 13.8. The highest BCUT2D eigenvalue weighted by molar-refractivity contribution is 8.00. The molecule has 23 nitrogen and oxygen atoms in total. The first-order valence-electron chi connectivity index (χ1n) is 52.5. The molecule has 30 aliphatic rings. The molecule has 5 aromatic carbocycles. The van der Waals surface area contributed by atoms with Crippen LogP contribution in [-0.4, -0.2) is 289 Å². The van der Waals surface area contributed by atoms with Crippen LogP contribution in [0.2, 0.25) is 0 Å². The number of piperidine rings is 19. The van der Waals surface area contributed by atoms with Crippen LogP contribution in [0.25, 0.3) is 0 Å². The highest BCUT2D eigenvalue weighted by atomic mass is 32.2. The maximum atomic E-state index is 12.3. The number of aliphatic imine (C=N–C) groups is 1. The van der Waals surface area contributed by atoms with Crippen LogP contribution in [0.3, 0.4) is 0 Å². The number of Topliss-reactive ketones (excluding diaryl/α,β-unsaturated/α-hetero) is 2. The Morgan fingerprint density at radius 3 is 1.05 bits per heavy atom. The second-order valence-electron chi connectivity index (χ2n) is 43.1. The van der Waals surface area contributed by atoms with Crippen LogP contribution in [0.1, 0.15) is 265 Å². The number of aliphatic hydroxyl groups is 2. The van der Waals surface area contributed by atoms with E-state index >= 15 is 0 Å². The third-order valence-electron chi connectivity index (χ3n) is 33.4. The topological polar surface area (TPSA) is 234 Å². The van der Waals surface area contributed by atoms with Gasteiger partial charge in [0.05, 0.1) is 60.6 Å². The Kier molecular flexibility index (Phi) is 48.6. The van der Waals surface area contributed by atoms with Crippen molar-refractivity contribution in [1.29, 1.82) is 0 Å². The molecule has 146 heavy (non-hydrogen) atoms. The summed E-state index contributed by atoms with van der Waals surface area (Å²) >= 11 is 3.80. The number of epoxide rings is 1. The Labute approximate surface area is 893 Å². The maximum absolute atomic E-state index is 12.3. The number of carbonyl (C=O) groups excluding carboxylic acids is 3. The summed E-state index contributed by atoms with van der Waals surface area (Å²) in [4.78, 5) is 71.6. The van der Waals surface area contributed by atoms with Crippen LogP contribution in [0.15, 0.2) is 186 Å². The number of fused-ring (bicyclic) bond motifs is 26. The number of ketones is 2. The summed E-state index contributed by atoms with van der Waals surface area (Å²) in [6.07, 6.45) is 31.8. The number of hydrazine groups is 1. The van der Waals surface area contributed by atoms with E-state index in [1.807, 2.05) is 75.2 Å². The van der Waals surface area contributed by atoms with Gasteiger partial charge in [0.2, 0.25) is 0 Å². The molecule has 20 saturated heterocycles. The minimum atomic E-state index is -3.66. The molecule has 18 bridgehead atoms. The number of ether oxygens (including phenoxy) is 2. The summed E-state index contributed by atoms with van der Waals surface area (Å²) in [6, 6.07) is 39.4. The number of sulfonamides is 1. The molecule has 0 radical (unpaired) electrons. The van der Waals surface area contributed by atoms with E-state index in [4.69, 9.17) is 25.5 Å². The Morgan fingerprint density at radius 1 is 0.452 bits per heavy atom. The molecular weight excluding hydrogens is 1880 g/mol. The molecule has 26 heteroatoms. The number of hydrogen-bond donors (Lipinski definition) is 4. The zero-order valence-corrected chi connectivity index (χ0v) is 85.8. The van der Waals surface area contributed by atoms with Crippen LogP contribution in [0.5, 0.6) is 0 Å². The molecule has 30 heterocycles. The van der Waals surface area contributed by atoms with E-state index in [9.17, 15) is 22.8 Å². The van der Waals surface area contributed by atoms with Crippen LogP contribution < -0.4 is 20.5 Å². The number of nitrogens with zero attached hydrogens (tertiary/aromatic N) is 12. The molecule has 0 aromatic heterocycles. The van der Waals surface area contributed by atoms with Crippen molar-refractivity contribution < 1.29 is 42.5 Å². The number of benzene rings is 5. The summed E-state index contributed by atoms with van der Waals surface area (Å²) in [5, 5.41) is 17.8. The second kappa shape index (κ2) is 57.3. The van der Waals surface area contributed by atoms with Gasteiger partial charge in [-0.2, -0.15) is 4.83 Å². The van der Waals surface area contributed by atoms with Crippen molar-refractivity contribution in [3.8, 4) is 0 Å². The van der Waals surface area contributed by atoms with Crippen molar-refractivity contribution in [3.63, 3.8) is 0 Å². The number of nitrogens with two attached hydrogens (primary N) is 1. The third kappa shape index (κ3) is 30.6. The van der Waals surface area contributed by atoms with Crippen LogP contribution in [-0.2, 0) is 33.9 Å². The number of anilines is 4. The third-order valence-corrected chi connectivity index (χ3v) is 37.0. The maximum Gasteiger partial charge on any atom is 0.302 e. The van der Waals surface area contributed by atoms with Crippen molar-refractivity contribution in [2.75, 3.05) is 207 Å². The van der Waals surface area contributed by atoms with E-state index in [1.165, 1.54) is 266 Å². The first-order valence-corrected chi connectivity index (χ1v) is 55.6. The van der Waals surface area contributed by atoms with Gasteiger partial charge in [0.15, 0.2) is 0 Å². The molecule has 30 aliphatic heterocycles. The molecule has 5 N–H and O–H groups in total. The van der Waals surface area contributed by atoms with Crippen LogP contribution in [0.4, 0.5) is 22.7 Å². The highest BCUT2D eigenvalue weighted by Gasteiger charge is 2.56. The van der Waals surface area contributed by atoms with Crippen LogP contribution in [0, 0.1) is 59.2 Å². The first-order chi connectivity index (χ1) is 66.4. The summed E-state index contributed by atoms with van der Waals surface area (Å²) in [5.41, 5.74) is 15.5. The van der Waals surface area contributed by atoms with Crippen molar-refractivity contribution in [2.24, 2.45) is 70.0 Å². The zero-order chi connectivity index (χ0) is 95.4. The Bertz CT molecular complexity index is 4990. The molecule has 816 valence electrons. The van der Waals surface area contributed by atoms with Crippen molar-refractivity contribution in [1.82, 2.24) is 48.9 Å².